The molecule has 0 spiro atoms. The summed E-state index contributed by atoms with van der Waals surface area (Å²) in [5.41, 5.74) is 1.32. The maximum Gasteiger partial charge on any atom is 0.414 e. The first-order valence-electron chi connectivity index (χ1n) is 7.33. The van der Waals surface area contributed by atoms with Crippen LogP contribution in [0.15, 0.2) is 18.2 Å². The SMILES string of the molecule is COC(=S)NC[C@H]1CN(c2ccc3c(c2)OCC(=O)N3C)C(=O)O1. The second-order valence-electron chi connectivity index (χ2n) is 5.38. The molecule has 2 amide bonds. The van der Waals surface area contributed by atoms with Crippen molar-refractivity contribution in [2.24, 2.45) is 0 Å². The number of thiocarbonyl (C=S) groups is 1. The van der Waals surface area contributed by atoms with Crippen LogP contribution in [0.3, 0.4) is 0 Å². The average molecular weight is 351 g/mol. The van der Waals surface area contributed by atoms with Crippen LogP contribution in [0.5, 0.6) is 5.75 Å². The number of hydrogen-bond acceptors (Lipinski definition) is 6. The van der Waals surface area contributed by atoms with E-state index in [1.165, 1.54) is 16.9 Å². The van der Waals surface area contributed by atoms with E-state index < -0.39 is 6.09 Å². The number of carbonyl (C=O) groups is 2. The van der Waals surface area contributed by atoms with E-state index in [-0.39, 0.29) is 23.8 Å². The van der Waals surface area contributed by atoms with E-state index in [1.54, 1.807) is 25.2 Å². The molecular weight excluding hydrogens is 334 g/mol. The lowest BCUT2D eigenvalue weighted by Crippen LogP contribution is -2.36. The van der Waals surface area contributed by atoms with Gasteiger partial charge in [-0.3, -0.25) is 9.69 Å². The number of likely N-dealkylation sites (N-methyl/N-ethyl adjacent to an activating group) is 1. The van der Waals surface area contributed by atoms with Crippen molar-refractivity contribution in [2.45, 2.75) is 6.10 Å². The lowest BCUT2D eigenvalue weighted by atomic mass is 10.2. The molecule has 1 aromatic carbocycles. The van der Waals surface area contributed by atoms with Crippen molar-refractivity contribution in [1.82, 2.24) is 5.32 Å². The minimum Gasteiger partial charge on any atom is -0.481 e. The first kappa shape index (κ1) is 16.3. The minimum absolute atomic E-state index is 0.0155. The van der Waals surface area contributed by atoms with Crippen molar-refractivity contribution in [3.63, 3.8) is 0 Å². The molecule has 0 aliphatic carbocycles. The molecule has 24 heavy (non-hydrogen) atoms. The average Bonchev–Trinajstić information content (AvgIpc) is 2.96. The third-order valence-electron chi connectivity index (χ3n) is 3.88. The Balaban J connectivity index is 1.72. The zero-order valence-corrected chi connectivity index (χ0v) is 14.1. The summed E-state index contributed by atoms with van der Waals surface area (Å²) in [7, 11) is 3.16. The molecule has 128 valence electrons. The van der Waals surface area contributed by atoms with Gasteiger partial charge in [-0.2, -0.15) is 0 Å². The fourth-order valence-electron chi connectivity index (χ4n) is 2.54. The number of hydrogen-bond donors (Lipinski definition) is 1. The molecule has 2 aliphatic heterocycles. The summed E-state index contributed by atoms with van der Waals surface area (Å²) in [4.78, 5) is 26.8. The molecule has 1 N–H and O–H groups in total. The van der Waals surface area contributed by atoms with E-state index in [9.17, 15) is 9.59 Å². The highest BCUT2D eigenvalue weighted by Crippen LogP contribution is 2.35. The summed E-state index contributed by atoms with van der Waals surface area (Å²) in [5.74, 6) is 0.445. The molecule has 0 radical (unpaired) electrons. The topological polar surface area (TPSA) is 80.3 Å². The number of anilines is 2. The summed E-state index contributed by atoms with van der Waals surface area (Å²) >= 11 is 4.89. The van der Waals surface area contributed by atoms with Crippen LogP contribution in [0.2, 0.25) is 0 Å². The van der Waals surface area contributed by atoms with E-state index in [4.69, 9.17) is 26.4 Å². The van der Waals surface area contributed by atoms with E-state index in [2.05, 4.69) is 5.32 Å². The Morgan fingerprint density at radius 2 is 2.25 bits per heavy atom. The number of ether oxygens (including phenoxy) is 3. The van der Waals surface area contributed by atoms with Crippen LogP contribution >= 0.6 is 12.2 Å². The standard InChI is InChI=1S/C15H17N3O5S/c1-17-11-4-3-9(5-12(11)22-8-13(17)19)18-7-10(23-15(18)20)6-16-14(24)21-2/h3-5,10H,6-8H2,1-2H3,(H,16,24)/t10-/m0/s1. The summed E-state index contributed by atoms with van der Waals surface area (Å²) in [6.07, 6.45) is -0.780. The first-order chi connectivity index (χ1) is 11.5. The summed E-state index contributed by atoms with van der Waals surface area (Å²) in [5, 5.41) is 3.11. The second-order valence-corrected chi connectivity index (χ2v) is 5.75. The molecule has 2 heterocycles. The van der Waals surface area contributed by atoms with Crippen molar-refractivity contribution < 1.29 is 23.8 Å². The monoisotopic (exact) mass is 351 g/mol. The lowest BCUT2D eigenvalue weighted by Gasteiger charge is -2.27. The second kappa shape index (κ2) is 6.52. The molecule has 9 heteroatoms. The van der Waals surface area contributed by atoms with Crippen LogP contribution in [-0.2, 0) is 14.3 Å². The van der Waals surface area contributed by atoms with Gasteiger partial charge in [-0.15, -0.1) is 0 Å². The number of amides is 2. The quantitative estimate of drug-likeness (QED) is 0.810. The van der Waals surface area contributed by atoms with Crippen molar-refractivity contribution in [1.29, 1.82) is 0 Å². The Morgan fingerprint density at radius 3 is 3.00 bits per heavy atom. The van der Waals surface area contributed by atoms with Gasteiger partial charge in [0.05, 0.1) is 31.6 Å². The van der Waals surface area contributed by atoms with Crippen molar-refractivity contribution >= 4 is 40.8 Å². The molecule has 0 bridgehead atoms. The highest BCUT2D eigenvalue weighted by molar-refractivity contribution is 7.80. The fourth-order valence-corrected chi connectivity index (χ4v) is 2.63. The smallest absolute Gasteiger partial charge is 0.414 e. The van der Waals surface area contributed by atoms with Gasteiger partial charge in [-0.05, 0) is 24.4 Å². The molecule has 0 unspecified atom stereocenters. The summed E-state index contributed by atoms with van der Waals surface area (Å²) in [6, 6.07) is 5.24. The number of benzene rings is 1. The lowest BCUT2D eigenvalue weighted by molar-refractivity contribution is -0.120. The fraction of sp³-hybridized carbons (Fsp3) is 0.400. The van der Waals surface area contributed by atoms with Crippen LogP contribution < -0.4 is 19.9 Å². The van der Waals surface area contributed by atoms with E-state index in [0.29, 0.717) is 30.2 Å². The Bertz CT molecular complexity index is 696. The normalized spacial score (nSPS) is 19.5. The first-order valence-corrected chi connectivity index (χ1v) is 7.74. The predicted octanol–water partition coefficient (Wildman–Crippen LogP) is 0.888. The molecule has 1 saturated heterocycles. The van der Waals surface area contributed by atoms with Gasteiger partial charge in [0.25, 0.3) is 11.1 Å². The van der Waals surface area contributed by atoms with Gasteiger partial charge in [0.2, 0.25) is 0 Å². The van der Waals surface area contributed by atoms with Gasteiger partial charge in [0.1, 0.15) is 11.9 Å². The van der Waals surface area contributed by atoms with Crippen LogP contribution in [0, 0.1) is 0 Å². The largest absolute Gasteiger partial charge is 0.481 e. The molecule has 3 rings (SSSR count). The maximum atomic E-state index is 12.1. The Morgan fingerprint density at radius 1 is 1.46 bits per heavy atom. The Hall–Kier alpha value is -2.55. The van der Waals surface area contributed by atoms with E-state index in [1.807, 2.05) is 0 Å². The minimum atomic E-state index is -0.440. The van der Waals surface area contributed by atoms with Crippen molar-refractivity contribution in [3.05, 3.63) is 18.2 Å². The molecule has 1 fully saturated rings. The maximum absolute atomic E-state index is 12.1. The predicted molar refractivity (Wildman–Crippen MR) is 90.6 cm³/mol. The number of carbonyl (C=O) groups excluding carboxylic acids is 2. The molecular formula is C15H17N3O5S. The van der Waals surface area contributed by atoms with Gasteiger partial charge in [-0.1, -0.05) is 0 Å². The third-order valence-corrected chi connectivity index (χ3v) is 4.19. The van der Waals surface area contributed by atoms with Crippen LogP contribution in [0.25, 0.3) is 0 Å². The van der Waals surface area contributed by atoms with Crippen molar-refractivity contribution in [2.75, 3.05) is 43.7 Å². The van der Waals surface area contributed by atoms with Crippen LogP contribution in [0.1, 0.15) is 0 Å². The number of methoxy groups -OCH3 is 1. The number of cyclic esters (lactones) is 1. The highest BCUT2D eigenvalue weighted by Gasteiger charge is 2.33. The highest BCUT2D eigenvalue weighted by atomic mass is 32.1. The third kappa shape index (κ3) is 3.07. The number of nitrogens with one attached hydrogen (secondary N) is 1. The molecule has 1 atom stereocenters. The van der Waals surface area contributed by atoms with E-state index in [0.717, 1.165) is 0 Å². The number of rotatable bonds is 3. The zero-order chi connectivity index (χ0) is 17.3. The summed E-state index contributed by atoms with van der Waals surface area (Å²) in [6.45, 7) is 0.734. The molecule has 0 aromatic heterocycles. The summed E-state index contributed by atoms with van der Waals surface area (Å²) < 4.78 is 15.6. The zero-order valence-electron chi connectivity index (χ0n) is 13.3. The number of fused-ring (bicyclic) bond motifs is 1. The van der Waals surface area contributed by atoms with Crippen LogP contribution in [-0.4, -0.2) is 57.1 Å². The van der Waals surface area contributed by atoms with Crippen molar-refractivity contribution in [3.8, 4) is 5.75 Å². The van der Waals surface area contributed by atoms with Gasteiger partial charge < -0.3 is 24.4 Å². The van der Waals surface area contributed by atoms with Gasteiger partial charge in [0.15, 0.2) is 6.61 Å². The Kier molecular flexibility index (Phi) is 4.43. The molecule has 2 aliphatic rings. The Labute approximate surface area is 144 Å². The van der Waals surface area contributed by atoms with Gasteiger partial charge in [-0.25, -0.2) is 4.79 Å². The van der Waals surface area contributed by atoms with Gasteiger partial charge in [0, 0.05) is 13.1 Å². The van der Waals surface area contributed by atoms with E-state index >= 15 is 0 Å². The van der Waals surface area contributed by atoms with Crippen LogP contribution in [0.4, 0.5) is 16.2 Å². The molecule has 0 saturated carbocycles. The van der Waals surface area contributed by atoms with Gasteiger partial charge >= 0.3 is 6.09 Å². The molecule has 8 nitrogen and oxygen atoms in total. The molecule has 1 aromatic rings. The number of nitrogens with zero attached hydrogens (tertiary/aromatic N) is 2.